The molecule has 0 unspecified atom stereocenters. The van der Waals surface area contributed by atoms with Gasteiger partial charge in [0.2, 0.25) is 0 Å². The second kappa shape index (κ2) is 5.00. The van der Waals surface area contributed by atoms with Crippen molar-refractivity contribution in [3.8, 4) is 0 Å². The van der Waals surface area contributed by atoms with Crippen molar-refractivity contribution in [2.75, 3.05) is 14.1 Å². The van der Waals surface area contributed by atoms with E-state index in [0.717, 1.165) is 4.99 Å². The fourth-order valence-corrected chi connectivity index (χ4v) is 4.58. The molecule has 0 amide bonds. The zero-order chi connectivity index (χ0) is 14.4. The van der Waals surface area contributed by atoms with Crippen LogP contribution < -0.4 is 0 Å². The Bertz CT molecular complexity index is 558. The van der Waals surface area contributed by atoms with Crippen molar-refractivity contribution in [3.63, 3.8) is 0 Å². The van der Waals surface area contributed by atoms with E-state index in [0.29, 0.717) is 23.7 Å². The normalized spacial score (nSPS) is 31.8. The van der Waals surface area contributed by atoms with Crippen LogP contribution in [0.4, 0.5) is 0 Å². The highest BCUT2D eigenvalue weighted by molar-refractivity contribution is 7.80. The Kier molecular flexibility index (Phi) is 3.45. The Labute approximate surface area is 127 Å². The molecule has 1 aromatic carbocycles. The lowest BCUT2D eigenvalue weighted by Gasteiger charge is -2.29. The van der Waals surface area contributed by atoms with E-state index in [4.69, 9.17) is 12.2 Å². The quantitative estimate of drug-likeness (QED) is 0.590. The van der Waals surface area contributed by atoms with Crippen molar-refractivity contribution in [2.24, 2.45) is 17.8 Å². The Hall–Kier alpha value is -1.15. The van der Waals surface area contributed by atoms with Crippen molar-refractivity contribution in [3.05, 3.63) is 47.0 Å². The molecule has 1 saturated carbocycles. The predicted octanol–water partition coefficient (Wildman–Crippen LogP) is 4.26. The number of hydrogen-bond donors (Lipinski definition) is 0. The summed E-state index contributed by atoms with van der Waals surface area (Å²) in [5.74, 6) is 2.47. The fourth-order valence-electron chi connectivity index (χ4n) is 4.34. The molecular weight excluding hydrogens is 262 g/mol. The summed E-state index contributed by atoms with van der Waals surface area (Å²) in [6, 6.07) is 11.0. The molecule has 2 heteroatoms. The predicted molar refractivity (Wildman–Crippen MR) is 88.9 cm³/mol. The van der Waals surface area contributed by atoms with Gasteiger partial charge in [-0.1, -0.05) is 53.7 Å². The number of thiocarbonyl (C=S) groups is 1. The average molecular weight is 285 g/mol. The number of fused-ring (bicyclic) bond motifs is 2. The van der Waals surface area contributed by atoms with Gasteiger partial charge < -0.3 is 4.90 Å². The maximum Gasteiger partial charge on any atom is 0.0811 e. The summed E-state index contributed by atoms with van der Waals surface area (Å²) < 4.78 is 0. The Morgan fingerprint density at radius 1 is 1.05 bits per heavy atom. The Morgan fingerprint density at radius 2 is 1.70 bits per heavy atom. The summed E-state index contributed by atoms with van der Waals surface area (Å²) in [6.45, 7) is 4.64. The summed E-state index contributed by atoms with van der Waals surface area (Å²) in [5.41, 5.74) is 4.69. The maximum absolute atomic E-state index is 5.70. The molecule has 20 heavy (non-hydrogen) atoms. The molecule has 3 rings (SSSR count). The third-order valence-electron chi connectivity index (χ3n) is 5.38. The largest absolute Gasteiger partial charge is 0.372 e. The van der Waals surface area contributed by atoms with E-state index in [9.17, 15) is 0 Å². The van der Waals surface area contributed by atoms with Crippen molar-refractivity contribution >= 4 is 17.2 Å². The minimum Gasteiger partial charge on any atom is -0.372 e. The van der Waals surface area contributed by atoms with Gasteiger partial charge in [0, 0.05) is 20.0 Å². The molecule has 0 saturated heterocycles. The Balaban J connectivity index is 1.98. The first-order valence-corrected chi connectivity index (χ1v) is 7.86. The van der Waals surface area contributed by atoms with E-state index >= 15 is 0 Å². The minimum atomic E-state index is 0.541. The van der Waals surface area contributed by atoms with Gasteiger partial charge >= 0.3 is 0 Å². The zero-order valence-electron chi connectivity index (χ0n) is 12.8. The molecule has 4 atom stereocenters. The van der Waals surface area contributed by atoms with E-state index < -0.39 is 0 Å². The summed E-state index contributed by atoms with van der Waals surface area (Å²) >= 11 is 5.70. The molecule has 106 valence electrons. The van der Waals surface area contributed by atoms with Crippen molar-refractivity contribution in [2.45, 2.75) is 26.2 Å². The van der Waals surface area contributed by atoms with Gasteiger partial charge in [0.05, 0.1) is 4.99 Å². The lowest BCUT2D eigenvalue weighted by Crippen LogP contribution is -2.32. The molecule has 2 bridgehead atoms. The molecule has 0 heterocycles. The molecule has 0 spiro atoms. The molecular formula is C18H23NS. The van der Waals surface area contributed by atoms with Crippen LogP contribution in [0.5, 0.6) is 0 Å². The van der Waals surface area contributed by atoms with Gasteiger partial charge in [-0.25, -0.2) is 0 Å². The van der Waals surface area contributed by atoms with E-state index in [-0.39, 0.29) is 0 Å². The van der Waals surface area contributed by atoms with E-state index in [2.05, 4.69) is 63.2 Å². The molecule has 0 radical (unpaired) electrons. The molecule has 0 aliphatic heterocycles. The molecule has 0 aromatic heterocycles. The van der Waals surface area contributed by atoms with Gasteiger partial charge in [-0.15, -0.1) is 0 Å². The van der Waals surface area contributed by atoms with Gasteiger partial charge in [0.25, 0.3) is 0 Å². The number of hydrogen-bond acceptors (Lipinski definition) is 1. The van der Waals surface area contributed by atoms with E-state index in [1.54, 1.807) is 11.1 Å². The van der Waals surface area contributed by atoms with Crippen LogP contribution in [0.25, 0.3) is 0 Å². The SMILES string of the molecule is CC1=C(C)[C@@H]2C[C@@H](C(=S)N(C)C)[C@@H]1[C@@H]2c1ccccc1. The first kappa shape index (κ1) is 13.8. The topological polar surface area (TPSA) is 3.24 Å². The minimum absolute atomic E-state index is 0.541. The van der Waals surface area contributed by atoms with Crippen LogP contribution >= 0.6 is 12.2 Å². The van der Waals surface area contributed by atoms with Gasteiger partial charge in [0.15, 0.2) is 0 Å². The third kappa shape index (κ3) is 1.93. The fraction of sp³-hybridized carbons (Fsp3) is 0.500. The first-order chi connectivity index (χ1) is 9.52. The van der Waals surface area contributed by atoms with Gasteiger partial charge in [-0.3, -0.25) is 0 Å². The van der Waals surface area contributed by atoms with E-state index in [1.807, 2.05) is 0 Å². The van der Waals surface area contributed by atoms with E-state index in [1.165, 1.54) is 12.0 Å². The molecule has 1 fully saturated rings. The highest BCUT2D eigenvalue weighted by Gasteiger charge is 2.52. The van der Waals surface area contributed by atoms with Gasteiger partial charge in [0.1, 0.15) is 0 Å². The third-order valence-corrected chi connectivity index (χ3v) is 6.05. The van der Waals surface area contributed by atoms with Crippen LogP contribution in [0, 0.1) is 17.8 Å². The number of benzene rings is 1. The van der Waals surface area contributed by atoms with Crippen molar-refractivity contribution in [1.82, 2.24) is 4.90 Å². The van der Waals surface area contributed by atoms with Crippen LogP contribution in [0.3, 0.4) is 0 Å². The standard InChI is InChI=1S/C18H23NS/c1-11-12(2)16-15(18(20)19(3)4)10-14(11)17(16)13-8-6-5-7-9-13/h5-9,14-17H,10H2,1-4H3/t14-,15+,16+,17+/m0/s1. The number of rotatable bonds is 2. The van der Waals surface area contributed by atoms with Crippen LogP contribution in [-0.4, -0.2) is 24.0 Å². The summed E-state index contributed by atoms with van der Waals surface area (Å²) in [4.78, 5) is 3.26. The van der Waals surface area contributed by atoms with Gasteiger partial charge in [-0.05, 0) is 43.6 Å². The summed E-state index contributed by atoms with van der Waals surface area (Å²) in [7, 11) is 4.16. The average Bonchev–Trinajstić information content (AvgIpc) is 2.94. The van der Waals surface area contributed by atoms with Crippen LogP contribution in [-0.2, 0) is 0 Å². The first-order valence-electron chi connectivity index (χ1n) is 7.45. The smallest absolute Gasteiger partial charge is 0.0811 e. The maximum atomic E-state index is 5.70. The molecule has 2 aliphatic carbocycles. The summed E-state index contributed by atoms with van der Waals surface area (Å²) in [6.07, 6.45) is 1.23. The summed E-state index contributed by atoms with van der Waals surface area (Å²) in [5, 5.41) is 0. The van der Waals surface area contributed by atoms with Crippen LogP contribution in [0.1, 0.15) is 31.7 Å². The second-order valence-corrected chi connectivity index (χ2v) is 6.93. The van der Waals surface area contributed by atoms with Crippen molar-refractivity contribution < 1.29 is 0 Å². The van der Waals surface area contributed by atoms with Crippen LogP contribution in [0.15, 0.2) is 41.5 Å². The Morgan fingerprint density at radius 3 is 2.30 bits per heavy atom. The van der Waals surface area contributed by atoms with Crippen LogP contribution in [0.2, 0.25) is 0 Å². The van der Waals surface area contributed by atoms with Gasteiger partial charge in [-0.2, -0.15) is 0 Å². The van der Waals surface area contributed by atoms with Crippen molar-refractivity contribution in [1.29, 1.82) is 0 Å². The lowest BCUT2D eigenvalue weighted by molar-refractivity contribution is 0.475. The number of allylic oxidation sites excluding steroid dienone is 2. The second-order valence-electron chi connectivity index (χ2n) is 6.51. The lowest BCUT2D eigenvalue weighted by atomic mass is 9.82. The zero-order valence-corrected chi connectivity index (χ0v) is 13.6. The highest BCUT2D eigenvalue weighted by atomic mass is 32.1. The molecule has 1 nitrogen and oxygen atoms in total. The molecule has 2 aliphatic rings. The molecule has 1 aromatic rings. The molecule has 0 N–H and O–H groups in total. The highest BCUT2D eigenvalue weighted by Crippen LogP contribution is 2.60. The monoisotopic (exact) mass is 285 g/mol. The number of nitrogens with zero attached hydrogens (tertiary/aromatic N) is 1.